The number of benzene rings is 2. The molecule has 1 aliphatic heterocycles. The lowest BCUT2D eigenvalue weighted by Crippen LogP contribution is -2.08. The van der Waals surface area contributed by atoms with E-state index in [0.717, 1.165) is 22.8 Å². The van der Waals surface area contributed by atoms with Crippen LogP contribution < -0.4 is 0 Å². The normalized spacial score (nSPS) is 12.8. The van der Waals surface area contributed by atoms with Gasteiger partial charge in [-0.15, -0.1) is 11.6 Å². The molecule has 0 fully saturated rings. The number of nitrogens with zero attached hydrogens (tertiary/aromatic N) is 4. The number of fused-ring (bicyclic) bond motifs is 3. The number of nitro groups is 1. The van der Waals surface area contributed by atoms with Crippen molar-refractivity contribution in [3.05, 3.63) is 86.4 Å². The quantitative estimate of drug-likeness (QED) is 0.377. The van der Waals surface area contributed by atoms with Crippen molar-refractivity contribution in [2.45, 2.75) is 12.4 Å². The van der Waals surface area contributed by atoms with E-state index in [-0.39, 0.29) is 11.6 Å². The van der Waals surface area contributed by atoms with Crippen LogP contribution in [-0.2, 0) is 12.4 Å². The van der Waals surface area contributed by atoms with E-state index >= 15 is 0 Å². The van der Waals surface area contributed by atoms with E-state index in [1.807, 2.05) is 29.0 Å². The van der Waals surface area contributed by atoms with Gasteiger partial charge in [0.25, 0.3) is 5.69 Å². The van der Waals surface area contributed by atoms with E-state index in [1.165, 1.54) is 12.1 Å². The van der Waals surface area contributed by atoms with Gasteiger partial charge in [0.1, 0.15) is 5.82 Å². The molecule has 0 radical (unpaired) electrons. The van der Waals surface area contributed by atoms with Gasteiger partial charge in [-0.1, -0.05) is 29.8 Å². The molecular formula is C18H12Cl2N4O2. The van der Waals surface area contributed by atoms with Crippen molar-refractivity contribution >= 4 is 34.6 Å². The number of hydrogen-bond donors (Lipinski definition) is 0. The number of non-ortho nitro benzene ring substituents is 1. The van der Waals surface area contributed by atoms with Crippen LogP contribution in [0, 0.1) is 10.1 Å². The molecule has 130 valence electrons. The fourth-order valence-electron chi connectivity index (χ4n) is 3.01. The molecule has 26 heavy (non-hydrogen) atoms. The molecule has 0 amide bonds. The van der Waals surface area contributed by atoms with Crippen LogP contribution in [-0.4, -0.2) is 20.2 Å². The third-order valence-corrected chi connectivity index (χ3v) is 4.78. The number of hydrogen-bond acceptors (Lipinski definition) is 4. The molecule has 3 aromatic rings. The minimum atomic E-state index is -0.422. The zero-order valence-corrected chi connectivity index (χ0v) is 14.9. The Hall–Kier alpha value is -2.70. The van der Waals surface area contributed by atoms with Crippen molar-refractivity contribution in [2.75, 3.05) is 0 Å². The third kappa shape index (κ3) is 2.77. The van der Waals surface area contributed by atoms with E-state index in [0.29, 0.717) is 22.8 Å². The second kappa shape index (κ2) is 6.55. The highest BCUT2D eigenvalue weighted by Gasteiger charge is 2.23. The molecular weight excluding hydrogens is 375 g/mol. The van der Waals surface area contributed by atoms with E-state index in [9.17, 15) is 10.1 Å². The van der Waals surface area contributed by atoms with Gasteiger partial charge in [-0.25, -0.2) is 4.98 Å². The summed E-state index contributed by atoms with van der Waals surface area (Å²) < 4.78 is 1.88. The van der Waals surface area contributed by atoms with Gasteiger partial charge >= 0.3 is 0 Å². The SMILES string of the molecule is O=[N+]([O-])c1ccc2c(c1)C(c1ccccc1Cl)=NCc1nc(CCl)cn1-2. The Bertz CT molecular complexity index is 1060. The summed E-state index contributed by atoms with van der Waals surface area (Å²) in [4.78, 5) is 20.0. The fraction of sp³-hybridized carbons (Fsp3) is 0.111. The van der Waals surface area contributed by atoms with Crippen LogP contribution in [0.2, 0.25) is 5.02 Å². The highest BCUT2D eigenvalue weighted by Crippen LogP contribution is 2.30. The van der Waals surface area contributed by atoms with Crippen LogP contribution in [0.5, 0.6) is 0 Å². The lowest BCUT2D eigenvalue weighted by Gasteiger charge is -2.12. The first-order valence-corrected chi connectivity index (χ1v) is 8.71. The molecule has 0 saturated carbocycles. The number of halogens is 2. The molecule has 4 rings (SSSR count). The average Bonchev–Trinajstić information content (AvgIpc) is 3.00. The van der Waals surface area contributed by atoms with Crippen LogP contribution in [0.15, 0.2) is 53.7 Å². The molecule has 0 N–H and O–H groups in total. The molecule has 0 bridgehead atoms. The first kappa shape index (κ1) is 16.8. The van der Waals surface area contributed by atoms with Crippen molar-refractivity contribution in [3.8, 4) is 5.69 Å². The van der Waals surface area contributed by atoms with Gasteiger partial charge in [-0.3, -0.25) is 15.1 Å². The molecule has 0 aliphatic carbocycles. The Labute approximate surface area is 158 Å². The zero-order valence-electron chi connectivity index (χ0n) is 13.4. The predicted octanol–water partition coefficient (Wildman–Crippen LogP) is 4.52. The molecule has 6 nitrogen and oxygen atoms in total. The van der Waals surface area contributed by atoms with E-state index in [2.05, 4.69) is 9.98 Å². The topological polar surface area (TPSA) is 73.3 Å². The Kier molecular flexibility index (Phi) is 4.22. The van der Waals surface area contributed by atoms with E-state index < -0.39 is 4.92 Å². The molecule has 2 heterocycles. The summed E-state index contributed by atoms with van der Waals surface area (Å²) in [7, 11) is 0. The van der Waals surface area contributed by atoms with Crippen LogP contribution in [0.4, 0.5) is 5.69 Å². The molecule has 1 aromatic heterocycles. The molecule has 0 saturated heterocycles. The molecule has 0 atom stereocenters. The average molecular weight is 387 g/mol. The summed E-state index contributed by atoms with van der Waals surface area (Å²) in [6.45, 7) is 0.319. The van der Waals surface area contributed by atoms with E-state index in [4.69, 9.17) is 23.2 Å². The van der Waals surface area contributed by atoms with Crippen LogP contribution in [0.1, 0.15) is 22.6 Å². The number of imidazole rings is 1. The van der Waals surface area contributed by atoms with Gasteiger partial charge in [0.05, 0.1) is 34.4 Å². The van der Waals surface area contributed by atoms with Gasteiger partial charge in [0.15, 0.2) is 0 Å². The Balaban J connectivity index is 1.99. The molecule has 8 heteroatoms. The number of rotatable bonds is 3. The second-order valence-corrected chi connectivity index (χ2v) is 6.43. The standard InChI is InChI=1S/C18H12Cl2N4O2/c19-8-11-10-23-16-6-5-12(24(25)26)7-14(16)18(21-9-17(23)22-11)13-3-1-2-4-15(13)20/h1-7,10H,8-9H2. The minimum Gasteiger partial charge on any atom is -0.301 e. The van der Waals surface area contributed by atoms with Gasteiger partial charge in [-0.05, 0) is 12.1 Å². The Morgan fingerprint density at radius 2 is 2.00 bits per heavy atom. The smallest absolute Gasteiger partial charge is 0.270 e. The molecule has 2 aromatic carbocycles. The molecule has 0 unspecified atom stereocenters. The van der Waals surface area contributed by atoms with Crippen molar-refractivity contribution in [2.24, 2.45) is 4.99 Å². The van der Waals surface area contributed by atoms with Crippen molar-refractivity contribution in [1.82, 2.24) is 9.55 Å². The first-order valence-electron chi connectivity index (χ1n) is 7.80. The maximum atomic E-state index is 11.3. The first-order chi connectivity index (χ1) is 12.6. The Morgan fingerprint density at radius 1 is 1.19 bits per heavy atom. The summed E-state index contributed by atoms with van der Waals surface area (Å²) in [5.74, 6) is 1.00. The largest absolute Gasteiger partial charge is 0.301 e. The lowest BCUT2D eigenvalue weighted by molar-refractivity contribution is -0.384. The van der Waals surface area contributed by atoms with E-state index in [1.54, 1.807) is 12.1 Å². The minimum absolute atomic E-state index is 0.00960. The van der Waals surface area contributed by atoms with Crippen molar-refractivity contribution in [1.29, 1.82) is 0 Å². The van der Waals surface area contributed by atoms with Crippen molar-refractivity contribution < 1.29 is 4.92 Å². The Morgan fingerprint density at radius 3 is 2.73 bits per heavy atom. The second-order valence-electron chi connectivity index (χ2n) is 5.76. The van der Waals surface area contributed by atoms with Gasteiger partial charge in [0, 0.05) is 34.5 Å². The maximum Gasteiger partial charge on any atom is 0.270 e. The zero-order chi connectivity index (χ0) is 18.3. The number of alkyl halides is 1. The van der Waals surface area contributed by atoms with Crippen LogP contribution in [0.3, 0.4) is 0 Å². The molecule has 1 aliphatic rings. The highest BCUT2D eigenvalue weighted by molar-refractivity contribution is 6.35. The van der Waals surface area contributed by atoms with Gasteiger partial charge in [-0.2, -0.15) is 0 Å². The summed E-state index contributed by atoms with van der Waals surface area (Å²) >= 11 is 12.3. The third-order valence-electron chi connectivity index (χ3n) is 4.18. The molecule has 0 spiro atoms. The maximum absolute atomic E-state index is 11.3. The number of nitro benzene ring substituents is 1. The fourth-order valence-corrected chi connectivity index (χ4v) is 3.37. The predicted molar refractivity (Wildman–Crippen MR) is 101 cm³/mol. The highest BCUT2D eigenvalue weighted by atomic mass is 35.5. The number of aromatic nitrogens is 2. The summed E-state index contributed by atoms with van der Waals surface area (Å²) in [6.07, 6.45) is 1.83. The summed E-state index contributed by atoms with van der Waals surface area (Å²) in [5, 5.41) is 11.8. The monoisotopic (exact) mass is 386 g/mol. The number of aliphatic imine (C=N–C) groups is 1. The van der Waals surface area contributed by atoms with Gasteiger partial charge < -0.3 is 4.57 Å². The lowest BCUT2D eigenvalue weighted by atomic mass is 9.99. The van der Waals surface area contributed by atoms with Crippen LogP contribution in [0.25, 0.3) is 5.69 Å². The summed E-state index contributed by atoms with van der Waals surface area (Å²) in [5.41, 5.74) is 3.42. The van der Waals surface area contributed by atoms with Crippen molar-refractivity contribution in [3.63, 3.8) is 0 Å². The van der Waals surface area contributed by atoms with Crippen LogP contribution >= 0.6 is 23.2 Å². The summed E-state index contributed by atoms with van der Waals surface area (Å²) in [6, 6.07) is 12.0. The van der Waals surface area contributed by atoms with Gasteiger partial charge in [0.2, 0.25) is 0 Å².